The van der Waals surface area contributed by atoms with Gasteiger partial charge in [-0.05, 0) is 57.6 Å². The molecule has 236 valence electrons. The van der Waals surface area contributed by atoms with Crippen LogP contribution in [0.3, 0.4) is 0 Å². The number of aromatic nitrogens is 1. The highest BCUT2D eigenvalue weighted by Gasteiger charge is 2.62. The van der Waals surface area contributed by atoms with Crippen molar-refractivity contribution >= 4 is 28.7 Å². The summed E-state index contributed by atoms with van der Waals surface area (Å²) in [6, 6.07) is 17.5. The van der Waals surface area contributed by atoms with Crippen molar-refractivity contribution < 1.29 is 28.6 Å². The van der Waals surface area contributed by atoms with Crippen molar-refractivity contribution in [1.29, 1.82) is 0 Å². The molecule has 45 heavy (non-hydrogen) atoms. The van der Waals surface area contributed by atoms with Gasteiger partial charge in [0, 0.05) is 42.6 Å². The van der Waals surface area contributed by atoms with Crippen LogP contribution < -0.4 is 14.8 Å². The van der Waals surface area contributed by atoms with Gasteiger partial charge in [0.2, 0.25) is 11.8 Å². The zero-order valence-corrected chi connectivity index (χ0v) is 26.2. The Labute approximate surface area is 263 Å². The van der Waals surface area contributed by atoms with Gasteiger partial charge in [0.15, 0.2) is 0 Å². The Morgan fingerprint density at radius 3 is 2.64 bits per heavy atom. The molecule has 0 radical (unpaired) electrons. The zero-order valence-electron chi connectivity index (χ0n) is 26.2. The monoisotopic (exact) mass is 611 g/mol. The Balaban J connectivity index is 1.32. The fraction of sp³-hybridized carbons (Fsp3) is 0.444. The summed E-state index contributed by atoms with van der Waals surface area (Å²) in [5.74, 6) is -0.811. The van der Waals surface area contributed by atoms with Crippen LogP contribution in [-0.2, 0) is 19.1 Å². The van der Waals surface area contributed by atoms with Crippen molar-refractivity contribution in [3.63, 3.8) is 0 Å². The maximum Gasteiger partial charge on any atom is 0.332 e. The number of amides is 2. The van der Waals surface area contributed by atoms with Crippen LogP contribution in [-0.4, -0.2) is 66.6 Å². The van der Waals surface area contributed by atoms with E-state index >= 15 is 0 Å². The maximum atomic E-state index is 14.0. The number of hydrogen-bond donors (Lipinski definition) is 1. The first kappa shape index (κ1) is 30.6. The summed E-state index contributed by atoms with van der Waals surface area (Å²) in [5, 5.41) is 3.87. The molecule has 2 amide bonds. The first-order valence-corrected chi connectivity index (χ1v) is 15.9. The van der Waals surface area contributed by atoms with E-state index in [0.717, 1.165) is 41.4 Å². The number of carbonyl (C=O) groups is 3. The number of benzene rings is 2. The molecule has 5 unspecified atom stereocenters. The van der Waals surface area contributed by atoms with Crippen LogP contribution in [0.2, 0.25) is 0 Å². The molecule has 2 heterocycles. The van der Waals surface area contributed by atoms with E-state index in [-0.39, 0.29) is 24.3 Å². The maximum absolute atomic E-state index is 14.0. The van der Waals surface area contributed by atoms with Crippen LogP contribution in [0.4, 0.5) is 0 Å². The van der Waals surface area contributed by atoms with E-state index < -0.39 is 29.4 Å². The minimum atomic E-state index is -1.09. The summed E-state index contributed by atoms with van der Waals surface area (Å²) in [6.45, 7) is 2.61. The molecule has 0 saturated heterocycles. The third-order valence-corrected chi connectivity index (χ3v) is 9.38. The quantitative estimate of drug-likeness (QED) is 0.297. The number of esters is 1. The van der Waals surface area contributed by atoms with E-state index in [9.17, 15) is 14.4 Å². The molecule has 5 atom stereocenters. The number of nitrogens with zero attached hydrogens (tertiary/aromatic N) is 2. The average Bonchev–Trinajstić information content (AvgIpc) is 3.59. The van der Waals surface area contributed by atoms with Crippen molar-refractivity contribution in [3.05, 3.63) is 66.7 Å². The van der Waals surface area contributed by atoms with Crippen LogP contribution in [0.1, 0.15) is 45.4 Å². The molecule has 2 saturated carbocycles. The van der Waals surface area contributed by atoms with Crippen LogP contribution in [0, 0.1) is 17.8 Å². The van der Waals surface area contributed by atoms with E-state index in [4.69, 9.17) is 19.2 Å². The highest BCUT2D eigenvalue weighted by molar-refractivity contribution is 5.95. The number of nitrogens with one attached hydrogen (secondary N) is 1. The number of allylic oxidation sites excluding steroid dienone is 1. The topological polar surface area (TPSA) is 107 Å². The molecule has 2 aromatic carbocycles. The fourth-order valence-corrected chi connectivity index (χ4v) is 6.77. The first-order chi connectivity index (χ1) is 21.8. The predicted octanol–water partition coefficient (Wildman–Crippen LogP) is 5.32. The van der Waals surface area contributed by atoms with Gasteiger partial charge in [-0.3, -0.25) is 9.59 Å². The summed E-state index contributed by atoms with van der Waals surface area (Å²) in [4.78, 5) is 47.6. The minimum Gasteiger partial charge on any atom is -0.497 e. The van der Waals surface area contributed by atoms with Gasteiger partial charge < -0.3 is 24.4 Å². The molecule has 1 aromatic heterocycles. The summed E-state index contributed by atoms with van der Waals surface area (Å²) in [7, 11) is 3.42. The third-order valence-electron chi connectivity index (χ3n) is 9.38. The van der Waals surface area contributed by atoms with Crippen LogP contribution >= 0.6 is 0 Å². The average molecular weight is 612 g/mol. The molecule has 1 N–H and O–H groups in total. The number of fused-ring (bicyclic) bond motifs is 3. The Hall–Kier alpha value is -4.40. The van der Waals surface area contributed by atoms with Gasteiger partial charge in [-0.15, -0.1) is 0 Å². The highest BCUT2D eigenvalue weighted by Crippen LogP contribution is 2.47. The lowest BCUT2D eigenvalue weighted by atomic mass is 9.93. The van der Waals surface area contributed by atoms with Gasteiger partial charge >= 0.3 is 5.97 Å². The van der Waals surface area contributed by atoms with Gasteiger partial charge in [0.1, 0.15) is 23.1 Å². The fourth-order valence-electron chi connectivity index (χ4n) is 6.77. The van der Waals surface area contributed by atoms with Crippen molar-refractivity contribution in [3.8, 4) is 22.8 Å². The zero-order chi connectivity index (χ0) is 31.6. The molecule has 6 rings (SSSR count). The van der Waals surface area contributed by atoms with E-state index in [0.29, 0.717) is 37.3 Å². The van der Waals surface area contributed by atoms with Crippen molar-refractivity contribution in [2.75, 3.05) is 27.3 Å². The molecular weight excluding hydrogens is 570 g/mol. The molecule has 1 aliphatic heterocycles. The van der Waals surface area contributed by atoms with Crippen LogP contribution in [0.25, 0.3) is 22.2 Å². The summed E-state index contributed by atoms with van der Waals surface area (Å²) >= 11 is 0. The van der Waals surface area contributed by atoms with E-state index in [1.807, 2.05) is 60.7 Å². The highest BCUT2D eigenvalue weighted by atomic mass is 16.5. The first-order valence-electron chi connectivity index (χ1n) is 15.9. The number of rotatable bonds is 6. The molecule has 0 spiro atoms. The standard InChI is InChI=1S/C36H41N3O6/c1-4-44-35(42)36-22-24(36)14-10-5-6-11-17-39(2)34(41)29-19-26(18-28(29)33(40)38-36)45-32-21-30(23-12-8-7-9-13-23)37-31-20-25(43-3)15-16-27(31)32/h7-10,12-16,20-21,24,26,28-29H,4-6,11,17-19,22H2,1-3H3,(H,38,40)/b14-10-. The second-order valence-electron chi connectivity index (χ2n) is 12.4. The van der Waals surface area contributed by atoms with Crippen LogP contribution in [0.5, 0.6) is 11.5 Å². The molecule has 0 bridgehead atoms. The van der Waals surface area contributed by atoms with Gasteiger partial charge in [0.05, 0.1) is 36.8 Å². The van der Waals surface area contributed by atoms with E-state index in [1.165, 1.54) is 0 Å². The number of pyridine rings is 1. The molecule has 2 aliphatic carbocycles. The predicted molar refractivity (Wildman–Crippen MR) is 171 cm³/mol. The van der Waals surface area contributed by atoms with Crippen molar-refractivity contribution in [2.45, 2.75) is 57.1 Å². The van der Waals surface area contributed by atoms with Gasteiger partial charge in [0.25, 0.3) is 0 Å². The van der Waals surface area contributed by atoms with E-state index in [1.54, 1.807) is 26.0 Å². The lowest BCUT2D eigenvalue weighted by molar-refractivity contribution is -0.150. The molecule has 9 heteroatoms. The molecule has 3 aliphatic rings. The normalized spacial score (nSPS) is 27.5. The number of carbonyl (C=O) groups excluding carboxylic acids is 3. The Morgan fingerprint density at radius 1 is 1.07 bits per heavy atom. The second-order valence-corrected chi connectivity index (χ2v) is 12.4. The number of methoxy groups -OCH3 is 1. The molecular formula is C36H41N3O6. The van der Waals surface area contributed by atoms with Gasteiger partial charge in [-0.1, -0.05) is 42.5 Å². The Bertz CT molecular complexity index is 1610. The second kappa shape index (κ2) is 12.9. The summed E-state index contributed by atoms with van der Waals surface area (Å²) in [5.41, 5.74) is 1.33. The number of hydrogen-bond acceptors (Lipinski definition) is 7. The van der Waals surface area contributed by atoms with Crippen LogP contribution in [0.15, 0.2) is 66.7 Å². The number of ether oxygens (including phenoxy) is 3. The molecule has 9 nitrogen and oxygen atoms in total. The lowest BCUT2D eigenvalue weighted by Gasteiger charge is -2.26. The molecule has 2 fully saturated rings. The third kappa shape index (κ3) is 6.26. The largest absolute Gasteiger partial charge is 0.497 e. The van der Waals surface area contributed by atoms with Crippen molar-refractivity contribution in [1.82, 2.24) is 15.2 Å². The SMILES string of the molecule is CCOC(=O)C12CC1/C=C\CCCCN(C)C(=O)C1CC(Oc3cc(-c4ccccc4)nc4cc(OC)ccc34)CC1C(=O)N2. The minimum absolute atomic E-state index is 0.0688. The summed E-state index contributed by atoms with van der Waals surface area (Å²) in [6.07, 6.45) is 7.58. The van der Waals surface area contributed by atoms with Crippen molar-refractivity contribution in [2.24, 2.45) is 17.8 Å². The Kier molecular flexibility index (Phi) is 8.79. The molecule has 3 aromatic rings. The van der Waals surface area contributed by atoms with Gasteiger partial charge in [-0.25, -0.2) is 9.78 Å². The Morgan fingerprint density at radius 2 is 1.87 bits per heavy atom. The van der Waals surface area contributed by atoms with E-state index in [2.05, 4.69) is 11.4 Å². The summed E-state index contributed by atoms with van der Waals surface area (Å²) < 4.78 is 17.6. The smallest absolute Gasteiger partial charge is 0.332 e. The lowest BCUT2D eigenvalue weighted by Crippen LogP contribution is -2.50. The van der Waals surface area contributed by atoms with Gasteiger partial charge in [-0.2, -0.15) is 0 Å².